The molecular weight excluding hydrogens is 517 g/mol. The van der Waals surface area contributed by atoms with Gasteiger partial charge in [0, 0.05) is 37.9 Å². The van der Waals surface area contributed by atoms with Gasteiger partial charge in [-0.1, -0.05) is 18.1 Å². The van der Waals surface area contributed by atoms with Crippen LogP contribution < -0.4 is 20.9 Å². The lowest BCUT2D eigenvalue weighted by Crippen LogP contribution is -2.31. The van der Waals surface area contributed by atoms with Crippen molar-refractivity contribution in [2.24, 2.45) is 0 Å². The van der Waals surface area contributed by atoms with Gasteiger partial charge in [-0.05, 0) is 36.6 Å². The number of nitrogens with zero attached hydrogens (tertiary/aromatic N) is 6. The van der Waals surface area contributed by atoms with E-state index in [-0.39, 0.29) is 23.9 Å². The summed E-state index contributed by atoms with van der Waals surface area (Å²) in [5.41, 5.74) is 7.95. The number of phenolic OH excluding ortho intramolecular Hbond substituents is 1. The number of alkyl carbamates (subject to hydrolysis) is 1. The van der Waals surface area contributed by atoms with E-state index in [0.29, 0.717) is 43.3 Å². The Hall–Kier alpha value is -4.80. The maximum atomic E-state index is 12.1. The maximum absolute atomic E-state index is 12.1. The fourth-order valence-corrected chi connectivity index (χ4v) is 3.88. The molecule has 0 atom stereocenters. The fraction of sp³-hybridized carbons (Fsp3) is 0.320. The lowest BCUT2D eigenvalue weighted by Gasteiger charge is -2.25. The zero-order valence-electron chi connectivity index (χ0n) is 20.6. The molecular formula is C25H25F3N8O3. The third-order valence-corrected chi connectivity index (χ3v) is 5.67. The van der Waals surface area contributed by atoms with Crippen molar-refractivity contribution in [3.8, 4) is 28.8 Å². The van der Waals surface area contributed by atoms with Crippen LogP contribution in [0.25, 0.3) is 11.3 Å². The second-order valence-electron chi connectivity index (χ2n) is 8.43. The van der Waals surface area contributed by atoms with E-state index in [2.05, 4.69) is 51.9 Å². The summed E-state index contributed by atoms with van der Waals surface area (Å²) in [7, 11) is 0. The van der Waals surface area contributed by atoms with E-state index < -0.39 is 18.9 Å². The number of hydrogen-bond donors (Lipinski definition) is 3. The molecule has 11 nitrogen and oxygen atoms in total. The van der Waals surface area contributed by atoms with Gasteiger partial charge in [-0.25, -0.2) is 14.8 Å². The molecule has 0 unspecified atom stereocenters. The molecule has 0 bridgehead atoms. The average molecular weight is 543 g/mol. The molecule has 4 N–H and O–H groups in total. The highest BCUT2D eigenvalue weighted by Crippen LogP contribution is 2.31. The van der Waals surface area contributed by atoms with Crippen LogP contribution in [0, 0.1) is 11.8 Å². The maximum Gasteiger partial charge on any atom is 0.422 e. The van der Waals surface area contributed by atoms with Gasteiger partial charge in [0.25, 0.3) is 0 Å². The van der Waals surface area contributed by atoms with Crippen LogP contribution >= 0.6 is 0 Å². The van der Waals surface area contributed by atoms with Crippen LogP contribution in [0.2, 0.25) is 0 Å². The lowest BCUT2D eigenvalue weighted by molar-refractivity contribution is -0.160. The number of benzene rings is 1. The van der Waals surface area contributed by atoms with Crippen molar-refractivity contribution in [2.45, 2.75) is 12.6 Å². The molecule has 3 aromatic rings. The zero-order chi connectivity index (χ0) is 27.8. The van der Waals surface area contributed by atoms with E-state index in [9.17, 15) is 23.1 Å². The van der Waals surface area contributed by atoms with Gasteiger partial charge in [-0.3, -0.25) is 0 Å². The molecule has 1 aliphatic rings. The summed E-state index contributed by atoms with van der Waals surface area (Å²) in [6.45, 7) is 0.743. The Morgan fingerprint density at radius 3 is 2.69 bits per heavy atom. The molecule has 2 aromatic heterocycles. The van der Waals surface area contributed by atoms with Gasteiger partial charge in [0.1, 0.15) is 11.6 Å². The summed E-state index contributed by atoms with van der Waals surface area (Å²) in [6, 6.07) is 10.5. The van der Waals surface area contributed by atoms with Crippen LogP contribution in [-0.2, 0) is 4.74 Å². The minimum Gasteiger partial charge on any atom is -0.507 e. The van der Waals surface area contributed by atoms with Crippen LogP contribution in [-0.4, -0.2) is 76.9 Å². The minimum absolute atomic E-state index is 0.101. The molecule has 14 heteroatoms. The topological polar surface area (TPSA) is 143 Å². The number of para-hydroxylation sites is 1. The van der Waals surface area contributed by atoms with E-state index in [1.54, 1.807) is 36.5 Å². The molecule has 1 saturated heterocycles. The number of halogens is 3. The predicted molar refractivity (Wildman–Crippen MR) is 137 cm³/mol. The molecule has 1 fully saturated rings. The van der Waals surface area contributed by atoms with Crippen LogP contribution in [0.5, 0.6) is 5.75 Å². The number of phenols is 1. The zero-order valence-corrected chi connectivity index (χ0v) is 20.6. The summed E-state index contributed by atoms with van der Waals surface area (Å²) < 4.78 is 40.3. The average Bonchev–Trinajstić information content (AvgIpc) is 3.17. The van der Waals surface area contributed by atoms with Crippen molar-refractivity contribution in [3.63, 3.8) is 0 Å². The van der Waals surface area contributed by atoms with Crippen molar-refractivity contribution in [1.82, 2.24) is 25.5 Å². The van der Waals surface area contributed by atoms with E-state index >= 15 is 0 Å². The van der Waals surface area contributed by atoms with E-state index in [0.717, 1.165) is 12.1 Å². The minimum atomic E-state index is -4.60. The van der Waals surface area contributed by atoms with Gasteiger partial charge in [0.05, 0.1) is 17.9 Å². The number of amides is 1. The van der Waals surface area contributed by atoms with Gasteiger partial charge in [-0.2, -0.15) is 13.2 Å². The lowest BCUT2D eigenvalue weighted by atomic mass is 10.1. The Labute approximate surface area is 221 Å². The van der Waals surface area contributed by atoms with Gasteiger partial charge in [-0.15, -0.1) is 10.2 Å². The molecule has 0 spiro atoms. The fourth-order valence-electron chi connectivity index (χ4n) is 3.88. The van der Waals surface area contributed by atoms with Crippen molar-refractivity contribution in [1.29, 1.82) is 0 Å². The van der Waals surface area contributed by atoms with Gasteiger partial charge < -0.3 is 30.7 Å². The summed E-state index contributed by atoms with van der Waals surface area (Å²) in [5.74, 6) is 6.52. The number of aromatic hydroxyl groups is 1. The highest BCUT2D eigenvalue weighted by atomic mass is 19.4. The van der Waals surface area contributed by atoms with Crippen molar-refractivity contribution in [2.75, 3.05) is 54.9 Å². The molecule has 3 heterocycles. The number of anilines is 3. The number of nitrogens with two attached hydrogens (primary N) is 1. The van der Waals surface area contributed by atoms with Crippen LogP contribution in [0.3, 0.4) is 0 Å². The third kappa shape index (κ3) is 7.60. The standard InChI is InChI=1S/C25H25F3N8O3/c26-25(27,28)16-39-24(38)31-9-3-7-21-30-10-8-22(32-21)36-12-4-11-35(13-14-36)19-15-18(33-34-23(19)29)17-5-1-2-6-20(17)37/h1-2,5-6,8,10,15,37H,4,9,11-14,16H2,(H2,29,34)(H,31,38). The van der Waals surface area contributed by atoms with Crippen molar-refractivity contribution in [3.05, 3.63) is 48.4 Å². The predicted octanol–water partition coefficient (Wildman–Crippen LogP) is 2.58. The van der Waals surface area contributed by atoms with E-state index in [1.165, 1.54) is 0 Å². The number of ether oxygens (including phenoxy) is 1. The number of nitrogen functional groups attached to an aromatic ring is 1. The Morgan fingerprint density at radius 1 is 1.13 bits per heavy atom. The van der Waals surface area contributed by atoms with E-state index in [1.807, 2.05) is 6.07 Å². The largest absolute Gasteiger partial charge is 0.507 e. The number of carbonyl (C=O) groups is 1. The second kappa shape index (κ2) is 12.2. The highest BCUT2D eigenvalue weighted by Gasteiger charge is 2.29. The Balaban J connectivity index is 1.38. The van der Waals surface area contributed by atoms with Crippen LogP contribution in [0.15, 0.2) is 42.6 Å². The Kier molecular flexibility index (Phi) is 8.50. The number of rotatable bonds is 5. The number of aromatic nitrogens is 4. The van der Waals surface area contributed by atoms with E-state index in [4.69, 9.17) is 5.73 Å². The summed E-state index contributed by atoms with van der Waals surface area (Å²) in [4.78, 5) is 24.0. The molecule has 0 saturated carbocycles. The summed E-state index contributed by atoms with van der Waals surface area (Å²) in [6.07, 6.45) is -3.46. The van der Waals surface area contributed by atoms with Crippen LogP contribution in [0.1, 0.15) is 12.2 Å². The summed E-state index contributed by atoms with van der Waals surface area (Å²) >= 11 is 0. The first-order valence-electron chi connectivity index (χ1n) is 11.9. The highest BCUT2D eigenvalue weighted by molar-refractivity contribution is 5.74. The van der Waals surface area contributed by atoms with Gasteiger partial charge >= 0.3 is 12.3 Å². The first kappa shape index (κ1) is 27.2. The number of nitrogens with one attached hydrogen (secondary N) is 1. The van der Waals surface area contributed by atoms with Gasteiger partial charge in [0.15, 0.2) is 12.4 Å². The third-order valence-electron chi connectivity index (χ3n) is 5.67. The second-order valence-corrected chi connectivity index (χ2v) is 8.43. The monoisotopic (exact) mass is 542 g/mol. The molecule has 0 radical (unpaired) electrons. The molecule has 39 heavy (non-hydrogen) atoms. The SMILES string of the molecule is Nc1nnc(-c2ccccc2O)cc1N1CCCN(c2ccnc(C#CCNC(=O)OCC(F)(F)F)n2)CC1. The Morgan fingerprint density at radius 2 is 1.90 bits per heavy atom. The molecule has 1 aliphatic heterocycles. The number of alkyl halides is 3. The first-order chi connectivity index (χ1) is 18.7. The molecule has 1 amide bonds. The van der Waals surface area contributed by atoms with Crippen molar-refractivity contribution < 1.29 is 27.8 Å². The van der Waals surface area contributed by atoms with Crippen molar-refractivity contribution >= 4 is 23.4 Å². The van der Waals surface area contributed by atoms with Gasteiger partial charge in [0.2, 0.25) is 5.82 Å². The van der Waals surface area contributed by atoms with Crippen LogP contribution in [0.4, 0.5) is 35.3 Å². The quantitative estimate of drug-likeness (QED) is 0.412. The molecule has 4 rings (SSSR count). The smallest absolute Gasteiger partial charge is 0.422 e. The Bertz CT molecular complexity index is 1380. The normalized spacial score (nSPS) is 13.7. The summed E-state index contributed by atoms with van der Waals surface area (Å²) in [5, 5.41) is 20.6. The first-order valence-corrected chi connectivity index (χ1v) is 11.9. The molecule has 204 valence electrons. The number of hydrogen-bond acceptors (Lipinski definition) is 10. The number of carbonyl (C=O) groups excluding carboxylic acids is 1. The molecule has 0 aliphatic carbocycles. The molecule has 1 aromatic carbocycles.